The highest BCUT2D eigenvalue weighted by atomic mass is 16.2. The van der Waals surface area contributed by atoms with Gasteiger partial charge in [-0.25, -0.2) is 4.79 Å². The van der Waals surface area contributed by atoms with Crippen LogP contribution in [0.5, 0.6) is 0 Å². The van der Waals surface area contributed by atoms with Gasteiger partial charge in [0.15, 0.2) is 0 Å². The van der Waals surface area contributed by atoms with Gasteiger partial charge in [0.25, 0.3) is 5.91 Å². The third-order valence-corrected chi connectivity index (χ3v) is 5.36. The van der Waals surface area contributed by atoms with E-state index in [1.807, 2.05) is 12.1 Å². The predicted molar refractivity (Wildman–Crippen MR) is 86.9 cm³/mol. The van der Waals surface area contributed by atoms with E-state index in [2.05, 4.69) is 17.0 Å². The van der Waals surface area contributed by atoms with Gasteiger partial charge in [-0.1, -0.05) is 30.7 Å². The first-order chi connectivity index (χ1) is 11.2. The first-order valence-corrected chi connectivity index (χ1v) is 8.65. The van der Waals surface area contributed by atoms with Crippen molar-refractivity contribution >= 4 is 11.9 Å². The summed E-state index contributed by atoms with van der Waals surface area (Å²) in [5.41, 5.74) is 2.37. The van der Waals surface area contributed by atoms with Crippen molar-refractivity contribution in [3.8, 4) is 0 Å². The van der Waals surface area contributed by atoms with E-state index < -0.39 is 0 Å². The number of carbonyl (C=O) groups is 2. The largest absolute Gasteiger partial charge is 0.327 e. The molecule has 0 radical (unpaired) electrons. The van der Waals surface area contributed by atoms with Crippen molar-refractivity contribution in [3.63, 3.8) is 0 Å². The summed E-state index contributed by atoms with van der Waals surface area (Å²) in [6.07, 6.45) is 4.41. The molecule has 5 heteroatoms. The van der Waals surface area contributed by atoms with Gasteiger partial charge in [0.05, 0.1) is 0 Å². The van der Waals surface area contributed by atoms with Crippen LogP contribution in [0.2, 0.25) is 0 Å². The van der Waals surface area contributed by atoms with Crippen LogP contribution in [0.15, 0.2) is 24.3 Å². The number of hydrogen-bond donors (Lipinski definition) is 0. The van der Waals surface area contributed by atoms with Gasteiger partial charge in [-0.2, -0.15) is 0 Å². The quantitative estimate of drug-likeness (QED) is 0.800. The third kappa shape index (κ3) is 2.63. The Hall–Kier alpha value is -1.88. The van der Waals surface area contributed by atoms with Crippen LogP contribution in [0.4, 0.5) is 4.79 Å². The highest BCUT2D eigenvalue weighted by Gasteiger charge is 2.46. The minimum Gasteiger partial charge on any atom is -0.308 e. The Kier molecular flexibility index (Phi) is 3.81. The van der Waals surface area contributed by atoms with Gasteiger partial charge in [0.2, 0.25) is 0 Å². The van der Waals surface area contributed by atoms with Gasteiger partial charge >= 0.3 is 6.03 Å². The lowest BCUT2D eigenvalue weighted by Gasteiger charge is -2.29. The molecule has 1 aromatic carbocycles. The first-order valence-electron chi connectivity index (χ1n) is 8.65. The third-order valence-electron chi connectivity index (χ3n) is 5.36. The molecule has 23 heavy (non-hydrogen) atoms. The number of rotatable bonds is 3. The summed E-state index contributed by atoms with van der Waals surface area (Å²) < 4.78 is 0. The predicted octanol–water partition coefficient (Wildman–Crippen LogP) is 1.86. The number of nitrogens with zero attached hydrogens (tertiary/aromatic N) is 3. The van der Waals surface area contributed by atoms with Crippen molar-refractivity contribution in [1.29, 1.82) is 0 Å². The van der Waals surface area contributed by atoms with E-state index in [0.717, 1.165) is 19.6 Å². The summed E-state index contributed by atoms with van der Waals surface area (Å²) in [6.45, 7) is 4.08. The second-order valence-electron chi connectivity index (χ2n) is 6.79. The van der Waals surface area contributed by atoms with Crippen molar-refractivity contribution in [3.05, 3.63) is 35.4 Å². The molecule has 3 aliphatic heterocycles. The normalized spacial score (nSPS) is 24.8. The molecule has 0 aromatic heterocycles. The highest BCUT2D eigenvalue weighted by Crippen LogP contribution is 2.29. The number of hydrogen-bond acceptors (Lipinski definition) is 3. The Morgan fingerprint density at radius 2 is 1.70 bits per heavy atom. The van der Waals surface area contributed by atoms with Gasteiger partial charge in [0.1, 0.15) is 6.04 Å². The molecule has 0 unspecified atom stereocenters. The molecule has 1 atom stereocenters. The minimum absolute atomic E-state index is 0.0125. The molecule has 0 aliphatic carbocycles. The van der Waals surface area contributed by atoms with Crippen molar-refractivity contribution < 1.29 is 9.59 Å². The zero-order valence-electron chi connectivity index (χ0n) is 13.4. The summed E-state index contributed by atoms with van der Waals surface area (Å²) in [5, 5.41) is 0. The van der Waals surface area contributed by atoms with Crippen molar-refractivity contribution in [1.82, 2.24) is 14.7 Å². The van der Waals surface area contributed by atoms with Crippen molar-refractivity contribution in [2.45, 2.75) is 38.3 Å². The number of benzene rings is 1. The zero-order valence-corrected chi connectivity index (χ0v) is 13.4. The monoisotopic (exact) mass is 313 g/mol. The molecular formula is C18H23N3O2. The summed E-state index contributed by atoms with van der Waals surface area (Å²) in [4.78, 5) is 30.9. The van der Waals surface area contributed by atoms with Crippen LogP contribution in [0.3, 0.4) is 0 Å². The molecule has 3 heterocycles. The van der Waals surface area contributed by atoms with E-state index in [0.29, 0.717) is 19.5 Å². The second-order valence-corrected chi connectivity index (χ2v) is 6.79. The number of amides is 3. The zero-order chi connectivity index (χ0) is 15.8. The number of urea groups is 1. The second kappa shape index (κ2) is 5.96. The smallest absolute Gasteiger partial charge is 0.308 e. The molecule has 1 aromatic rings. The molecule has 0 bridgehead atoms. The number of carbonyl (C=O) groups excluding carboxylic acids is 2. The van der Waals surface area contributed by atoms with Gasteiger partial charge < -0.3 is 9.80 Å². The van der Waals surface area contributed by atoms with Crippen LogP contribution in [-0.4, -0.2) is 58.9 Å². The van der Waals surface area contributed by atoms with Crippen LogP contribution in [0.1, 0.15) is 30.4 Å². The van der Waals surface area contributed by atoms with E-state index in [1.165, 1.54) is 35.3 Å². The van der Waals surface area contributed by atoms with E-state index in [1.54, 1.807) is 4.90 Å². The van der Waals surface area contributed by atoms with Crippen molar-refractivity contribution in [2.75, 3.05) is 26.2 Å². The molecule has 0 saturated carbocycles. The number of likely N-dealkylation sites (tertiary alicyclic amines) is 1. The fraction of sp³-hybridized carbons (Fsp3) is 0.556. The maximum atomic E-state index is 12.7. The minimum atomic E-state index is -0.293. The fourth-order valence-corrected chi connectivity index (χ4v) is 4.00. The Morgan fingerprint density at radius 1 is 0.957 bits per heavy atom. The molecule has 2 saturated heterocycles. The Morgan fingerprint density at radius 3 is 2.48 bits per heavy atom. The Labute approximate surface area is 136 Å². The maximum Gasteiger partial charge on any atom is 0.327 e. The van der Waals surface area contributed by atoms with E-state index in [9.17, 15) is 9.59 Å². The summed E-state index contributed by atoms with van der Waals surface area (Å²) >= 11 is 0. The maximum absolute atomic E-state index is 12.7. The molecule has 3 amide bonds. The number of fused-ring (bicyclic) bond motifs is 2. The van der Waals surface area contributed by atoms with Crippen LogP contribution < -0.4 is 0 Å². The Bertz CT molecular complexity index is 581. The van der Waals surface area contributed by atoms with Gasteiger partial charge in [-0.3, -0.25) is 9.69 Å². The molecule has 0 spiro atoms. The topological polar surface area (TPSA) is 43.9 Å². The van der Waals surface area contributed by atoms with Crippen LogP contribution in [0, 0.1) is 0 Å². The van der Waals surface area contributed by atoms with E-state index >= 15 is 0 Å². The van der Waals surface area contributed by atoms with E-state index in [4.69, 9.17) is 0 Å². The summed E-state index contributed by atoms with van der Waals surface area (Å²) in [6, 6.07) is 7.73. The van der Waals surface area contributed by atoms with Crippen LogP contribution in [0.25, 0.3) is 0 Å². The number of piperidine rings is 1. The molecule has 4 rings (SSSR count). The lowest BCUT2D eigenvalue weighted by Crippen LogP contribution is -2.41. The lowest BCUT2D eigenvalue weighted by molar-refractivity contribution is -0.128. The molecular weight excluding hydrogens is 290 g/mol. The molecule has 5 nitrogen and oxygen atoms in total. The highest BCUT2D eigenvalue weighted by molar-refractivity contribution is 6.04. The molecule has 0 N–H and O–H groups in total. The lowest BCUT2D eigenvalue weighted by atomic mass is 9.95. The molecule has 3 aliphatic rings. The van der Waals surface area contributed by atoms with Crippen LogP contribution >= 0.6 is 0 Å². The standard InChI is InChI=1S/C18H23N3O2/c22-17-16-12-14-6-2-3-7-15(14)13-21(16)18(23)20(17)11-10-19-8-4-1-5-9-19/h2-3,6-7,16H,1,4-5,8-13H2/t16-/m0/s1. The number of imide groups is 1. The van der Waals surface area contributed by atoms with Gasteiger partial charge in [-0.05, 0) is 37.1 Å². The average Bonchev–Trinajstić information content (AvgIpc) is 2.83. The van der Waals surface area contributed by atoms with E-state index in [-0.39, 0.29) is 18.0 Å². The first kappa shape index (κ1) is 14.7. The van der Waals surface area contributed by atoms with Crippen LogP contribution in [-0.2, 0) is 17.8 Å². The molecule has 122 valence electrons. The van der Waals surface area contributed by atoms with Crippen molar-refractivity contribution in [2.24, 2.45) is 0 Å². The average molecular weight is 313 g/mol. The summed E-state index contributed by atoms with van der Waals surface area (Å²) in [7, 11) is 0. The fourth-order valence-electron chi connectivity index (χ4n) is 4.00. The molecule has 2 fully saturated rings. The van der Waals surface area contributed by atoms with Gasteiger partial charge in [0, 0.05) is 26.1 Å². The Balaban J connectivity index is 1.45. The van der Waals surface area contributed by atoms with Gasteiger partial charge in [-0.15, -0.1) is 0 Å². The SMILES string of the molecule is O=C1[C@@H]2Cc3ccccc3CN2C(=O)N1CCN1CCCCC1. The summed E-state index contributed by atoms with van der Waals surface area (Å²) in [5.74, 6) is -0.0125.